The van der Waals surface area contributed by atoms with Gasteiger partial charge in [0.2, 0.25) is 17.4 Å². The molecule has 268 valence electrons. The van der Waals surface area contributed by atoms with Crippen LogP contribution in [0.3, 0.4) is 0 Å². The van der Waals surface area contributed by atoms with Crippen molar-refractivity contribution in [2.75, 3.05) is 7.11 Å². The lowest BCUT2D eigenvalue weighted by atomic mass is 10.00. The lowest BCUT2D eigenvalue weighted by Crippen LogP contribution is -2.13. The normalized spacial score (nSPS) is 11.0. The Bertz CT molecular complexity index is 2320. The zero-order valence-corrected chi connectivity index (χ0v) is 27.3. The van der Waals surface area contributed by atoms with Crippen LogP contribution in [0.4, 0.5) is 35.1 Å². The third-order valence-corrected chi connectivity index (χ3v) is 8.13. The van der Waals surface area contributed by atoms with E-state index in [-0.39, 0.29) is 28.4 Å². The second-order valence-corrected chi connectivity index (χ2v) is 11.4. The van der Waals surface area contributed by atoms with Gasteiger partial charge in [0.05, 0.1) is 7.11 Å². The van der Waals surface area contributed by atoms with Gasteiger partial charge in [-0.15, -0.1) is 0 Å². The van der Waals surface area contributed by atoms with Crippen LogP contribution in [0.25, 0.3) is 11.1 Å². The van der Waals surface area contributed by atoms with Gasteiger partial charge < -0.3 is 14.2 Å². The van der Waals surface area contributed by atoms with E-state index in [1.807, 2.05) is 0 Å². The minimum absolute atomic E-state index is 0.0421. The molecule has 5 nitrogen and oxygen atoms in total. The van der Waals surface area contributed by atoms with E-state index in [1.54, 1.807) is 36.4 Å². The summed E-state index contributed by atoms with van der Waals surface area (Å²) in [4.78, 5) is 25.7. The van der Waals surface area contributed by atoms with Gasteiger partial charge >= 0.3 is 0 Å². The quantitative estimate of drug-likeness (QED) is 0.0797. The van der Waals surface area contributed by atoms with Gasteiger partial charge in [-0.2, -0.15) is 8.78 Å². The molecule has 0 amide bonds. The summed E-state index contributed by atoms with van der Waals surface area (Å²) in [6, 6.07) is 21.8. The first-order valence-corrected chi connectivity index (χ1v) is 15.4. The number of halogens is 8. The number of hydrogen-bond acceptors (Lipinski definition) is 5. The zero-order valence-electron chi connectivity index (χ0n) is 27.3. The molecule has 0 radical (unpaired) electrons. The van der Waals surface area contributed by atoms with Crippen LogP contribution in [0.5, 0.6) is 28.7 Å². The van der Waals surface area contributed by atoms with Crippen molar-refractivity contribution in [1.29, 1.82) is 0 Å². The lowest BCUT2D eigenvalue weighted by molar-refractivity contribution is 0.102. The second kappa shape index (κ2) is 14.6. The first-order valence-electron chi connectivity index (χ1n) is 15.4. The predicted molar refractivity (Wildman–Crippen MR) is 176 cm³/mol. The van der Waals surface area contributed by atoms with Crippen LogP contribution in [-0.2, 0) is 0 Å². The van der Waals surface area contributed by atoms with Crippen molar-refractivity contribution >= 4 is 11.6 Å². The average molecular weight is 735 g/mol. The third kappa shape index (κ3) is 6.93. The molecule has 6 aromatic carbocycles. The highest BCUT2D eigenvalue weighted by Crippen LogP contribution is 2.36. The smallest absolute Gasteiger partial charge is 0.205 e. The molecule has 0 bridgehead atoms. The van der Waals surface area contributed by atoms with Crippen LogP contribution in [0, 0.1) is 53.5 Å². The van der Waals surface area contributed by atoms with Crippen molar-refractivity contribution in [3.8, 4) is 39.9 Å². The fraction of sp³-hybridized carbons (Fsp3) is 0.0500. The molecule has 0 spiro atoms. The highest BCUT2D eigenvalue weighted by Gasteiger charge is 2.32. The van der Waals surface area contributed by atoms with E-state index >= 15 is 17.6 Å². The third-order valence-electron chi connectivity index (χ3n) is 8.13. The van der Waals surface area contributed by atoms with Crippen molar-refractivity contribution < 1.29 is 58.9 Å². The molecule has 6 aromatic rings. The largest absolute Gasteiger partial charge is 0.497 e. The maximum absolute atomic E-state index is 15.1. The molecule has 6 rings (SSSR count). The maximum Gasteiger partial charge on any atom is 0.205 e. The van der Waals surface area contributed by atoms with Gasteiger partial charge in [0.1, 0.15) is 34.1 Å². The van der Waals surface area contributed by atoms with Crippen LogP contribution >= 0.6 is 0 Å². The van der Waals surface area contributed by atoms with Gasteiger partial charge in [0.15, 0.2) is 46.5 Å². The standard InChI is InChI=1S/C40H22F8O5/c1-19-30(41)32(43)28(33(44)31(19)42)38(49)22-7-15-25(16-8-22)52-26-17-9-23(10-18-26)39(50)29-34(45)36(47)40(37(48)35(29)46)53-27-13-5-21(6-14-27)20-3-11-24(51-2)12-4-20/h3-18H,1-2H3. The first-order chi connectivity index (χ1) is 25.3. The summed E-state index contributed by atoms with van der Waals surface area (Å²) >= 11 is 0. The van der Waals surface area contributed by atoms with E-state index in [1.165, 1.54) is 43.5 Å². The monoisotopic (exact) mass is 734 g/mol. The Hall–Kier alpha value is -6.50. The van der Waals surface area contributed by atoms with Crippen molar-refractivity contribution in [2.24, 2.45) is 0 Å². The van der Waals surface area contributed by atoms with Gasteiger partial charge in [-0.25, -0.2) is 26.3 Å². The van der Waals surface area contributed by atoms with Crippen LogP contribution in [-0.4, -0.2) is 18.7 Å². The molecule has 0 aliphatic heterocycles. The predicted octanol–water partition coefficient (Wildman–Crippen LogP) is 10.8. The fourth-order valence-electron chi connectivity index (χ4n) is 5.23. The molecular formula is C40H22F8O5. The number of hydrogen-bond donors (Lipinski definition) is 0. The molecule has 0 unspecified atom stereocenters. The molecule has 0 heterocycles. The fourth-order valence-corrected chi connectivity index (χ4v) is 5.23. The molecule has 0 atom stereocenters. The number of benzene rings is 6. The van der Waals surface area contributed by atoms with Crippen LogP contribution in [0.15, 0.2) is 97.1 Å². The number of carbonyl (C=O) groups excluding carboxylic acids is 2. The van der Waals surface area contributed by atoms with Crippen LogP contribution < -0.4 is 14.2 Å². The zero-order chi connectivity index (χ0) is 38.1. The van der Waals surface area contributed by atoms with Crippen molar-refractivity contribution in [2.45, 2.75) is 6.92 Å². The minimum atomic E-state index is -1.98. The van der Waals surface area contributed by atoms with Gasteiger partial charge in [0.25, 0.3) is 0 Å². The lowest BCUT2D eigenvalue weighted by Gasteiger charge is -2.13. The van der Waals surface area contributed by atoms with Crippen LogP contribution in [0.2, 0.25) is 0 Å². The number of rotatable bonds is 10. The Morgan fingerprint density at radius 1 is 0.415 bits per heavy atom. The maximum atomic E-state index is 15.1. The summed E-state index contributed by atoms with van der Waals surface area (Å²) in [6.07, 6.45) is 0. The van der Waals surface area contributed by atoms with Gasteiger partial charge in [-0.3, -0.25) is 9.59 Å². The molecular weight excluding hydrogens is 712 g/mol. The Balaban J connectivity index is 1.16. The Morgan fingerprint density at radius 3 is 1.11 bits per heavy atom. The van der Waals surface area contributed by atoms with Gasteiger partial charge in [-0.1, -0.05) is 24.3 Å². The van der Waals surface area contributed by atoms with E-state index in [0.717, 1.165) is 36.8 Å². The molecule has 0 fully saturated rings. The number of carbonyl (C=O) groups is 2. The van der Waals surface area contributed by atoms with Crippen LogP contribution in [0.1, 0.15) is 37.4 Å². The SMILES string of the molecule is COc1ccc(-c2ccc(Oc3c(F)c(F)c(C(=O)c4ccc(Oc5ccc(C(=O)c6c(F)c(F)c(C)c(F)c6F)cc5)cc4)c(F)c3F)cc2)cc1. The molecule has 0 aliphatic rings. The summed E-state index contributed by atoms with van der Waals surface area (Å²) < 4.78 is 133. The molecule has 53 heavy (non-hydrogen) atoms. The Morgan fingerprint density at radius 2 is 0.736 bits per heavy atom. The van der Waals surface area contributed by atoms with E-state index in [4.69, 9.17) is 14.2 Å². The van der Waals surface area contributed by atoms with Gasteiger partial charge in [-0.05, 0) is 90.8 Å². The average Bonchev–Trinajstić information content (AvgIpc) is 3.18. The summed E-state index contributed by atoms with van der Waals surface area (Å²) in [6.45, 7) is 0.815. The van der Waals surface area contributed by atoms with E-state index in [0.29, 0.717) is 11.3 Å². The first kappa shape index (κ1) is 36.3. The molecule has 0 saturated heterocycles. The van der Waals surface area contributed by atoms with Crippen molar-refractivity contribution in [3.63, 3.8) is 0 Å². The summed E-state index contributed by atoms with van der Waals surface area (Å²) in [7, 11) is 1.52. The summed E-state index contributed by atoms with van der Waals surface area (Å²) in [5.41, 5.74) is -3.06. The molecule has 13 heteroatoms. The van der Waals surface area contributed by atoms with E-state index in [9.17, 15) is 27.2 Å². The van der Waals surface area contributed by atoms with Crippen molar-refractivity contribution in [3.05, 3.63) is 171 Å². The second-order valence-electron chi connectivity index (χ2n) is 11.4. The summed E-state index contributed by atoms with van der Waals surface area (Å²) in [5, 5.41) is 0. The topological polar surface area (TPSA) is 61.8 Å². The Labute approximate surface area is 295 Å². The highest BCUT2D eigenvalue weighted by atomic mass is 19.2. The highest BCUT2D eigenvalue weighted by molar-refractivity contribution is 6.10. The van der Waals surface area contributed by atoms with E-state index in [2.05, 4.69) is 0 Å². The van der Waals surface area contributed by atoms with E-state index < -0.39 is 80.5 Å². The number of ketones is 2. The molecule has 0 aliphatic carbocycles. The van der Waals surface area contributed by atoms with Gasteiger partial charge in [0, 0.05) is 16.7 Å². The number of ether oxygens (including phenoxy) is 3. The Kier molecular flexibility index (Phi) is 10.0. The summed E-state index contributed by atoms with van der Waals surface area (Å²) in [5.74, 6) is -18.5. The number of methoxy groups -OCH3 is 1. The molecule has 0 aromatic heterocycles. The minimum Gasteiger partial charge on any atom is -0.497 e. The van der Waals surface area contributed by atoms with Crippen molar-refractivity contribution in [1.82, 2.24) is 0 Å². The molecule has 0 N–H and O–H groups in total. The molecule has 0 saturated carbocycles.